The molecule has 200 valence electrons. The second-order valence-corrected chi connectivity index (χ2v) is 10.3. The molecule has 0 amide bonds. The van der Waals surface area contributed by atoms with Crippen LogP contribution in [-0.2, 0) is 0 Å². The van der Waals surface area contributed by atoms with Crippen molar-refractivity contribution in [1.29, 1.82) is 0 Å². The van der Waals surface area contributed by atoms with Crippen molar-refractivity contribution in [1.82, 2.24) is 29.9 Å². The maximum absolute atomic E-state index is 12.9. The number of halogens is 1. The van der Waals surface area contributed by atoms with Crippen LogP contribution in [0.3, 0.4) is 0 Å². The summed E-state index contributed by atoms with van der Waals surface area (Å²) in [7, 11) is 0. The Morgan fingerprint density at radius 1 is 0.789 bits per heavy atom. The average molecular weight is 518 g/mol. The first-order valence-corrected chi connectivity index (χ1v) is 12.5. The molecule has 4 aromatic rings. The molecular formula is C29H36FN7O. The molecule has 4 heterocycles. The first-order valence-electron chi connectivity index (χ1n) is 12.5. The van der Waals surface area contributed by atoms with Crippen molar-refractivity contribution in [3.05, 3.63) is 77.8 Å². The summed E-state index contributed by atoms with van der Waals surface area (Å²) in [6.07, 6.45) is 7.22. The van der Waals surface area contributed by atoms with Crippen molar-refractivity contribution in [3.63, 3.8) is 0 Å². The quantitative estimate of drug-likeness (QED) is 0.316. The summed E-state index contributed by atoms with van der Waals surface area (Å²) in [5, 5.41) is 0. The van der Waals surface area contributed by atoms with Crippen LogP contribution in [0.2, 0.25) is 0 Å². The lowest BCUT2D eigenvalue weighted by atomic mass is 9.93. The monoisotopic (exact) mass is 517 g/mol. The van der Waals surface area contributed by atoms with E-state index < -0.39 is 5.95 Å². The second-order valence-electron chi connectivity index (χ2n) is 10.3. The van der Waals surface area contributed by atoms with Crippen LogP contribution in [0, 0.1) is 39.6 Å². The van der Waals surface area contributed by atoms with E-state index >= 15 is 0 Å². The summed E-state index contributed by atoms with van der Waals surface area (Å²) in [6.45, 7) is 14.3. The Hall–Kier alpha value is -3.85. The molecule has 2 N–H and O–H groups in total. The van der Waals surface area contributed by atoms with E-state index in [1.165, 1.54) is 12.5 Å². The number of hydrogen-bond acceptors (Lipinski definition) is 8. The molecule has 0 aliphatic rings. The van der Waals surface area contributed by atoms with Gasteiger partial charge in [0, 0.05) is 51.6 Å². The van der Waals surface area contributed by atoms with Gasteiger partial charge in [-0.3, -0.25) is 0 Å². The highest BCUT2D eigenvalue weighted by atomic mass is 19.1. The molecular weight excluding hydrogens is 481 g/mol. The van der Waals surface area contributed by atoms with Crippen molar-refractivity contribution in [2.75, 3.05) is 6.61 Å². The van der Waals surface area contributed by atoms with Gasteiger partial charge in [0.2, 0.25) is 11.8 Å². The Morgan fingerprint density at radius 3 is 1.79 bits per heavy atom. The third-order valence-electron chi connectivity index (χ3n) is 5.66. The highest BCUT2D eigenvalue weighted by Gasteiger charge is 2.21. The van der Waals surface area contributed by atoms with Gasteiger partial charge >= 0.3 is 0 Å². The number of aromatic nitrogens is 6. The molecule has 0 spiro atoms. The fourth-order valence-corrected chi connectivity index (χ4v) is 4.00. The number of aryl methyl sites for hydroxylation is 4. The zero-order valence-electron chi connectivity index (χ0n) is 23.2. The van der Waals surface area contributed by atoms with Crippen LogP contribution in [0.1, 0.15) is 49.7 Å². The minimum atomic E-state index is -0.440. The molecule has 38 heavy (non-hydrogen) atoms. The number of hydrogen-bond donors (Lipinski definition) is 1. The molecule has 0 aromatic carbocycles. The summed E-state index contributed by atoms with van der Waals surface area (Å²) in [4.78, 5) is 24.6. The van der Waals surface area contributed by atoms with Crippen molar-refractivity contribution in [2.45, 2.75) is 60.4 Å². The minimum Gasteiger partial charge on any atom is -0.476 e. The van der Waals surface area contributed by atoms with Crippen LogP contribution in [0.5, 0.6) is 5.88 Å². The van der Waals surface area contributed by atoms with Gasteiger partial charge in [-0.05, 0) is 71.2 Å². The first-order chi connectivity index (χ1) is 17.9. The van der Waals surface area contributed by atoms with Crippen LogP contribution in [0.15, 0.2) is 49.3 Å². The van der Waals surface area contributed by atoms with Crippen LogP contribution in [0.4, 0.5) is 4.39 Å². The summed E-state index contributed by atoms with van der Waals surface area (Å²) in [6, 6.07) is 7.54. The lowest BCUT2D eigenvalue weighted by Gasteiger charge is -2.26. The predicted octanol–water partition coefficient (Wildman–Crippen LogP) is 5.59. The van der Waals surface area contributed by atoms with Gasteiger partial charge in [0.05, 0.1) is 11.4 Å². The van der Waals surface area contributed by atoms with Crippen molar-refractivity contribution in [2.24, 2.45) is 11.7 Å². The third kappa shape index (κ3) is 8.34. The van der Waals surface area contributed by atoms with Crippen molar-refractivity contribution < 1.29 is 9.13 Å². The average Bonchev–Trinajstić information content (AvgIpc) is 2.84. The summed E-state index contributed by atoms with van der Waals surface area (Å²) >= 11 is 0. The van der Waals surface area contributed by atoms with Crippen LogP contribution in [-0.4, -0.2) is 42.0 Å². The lowest BCUT2D eigenvalue weighted by molar-refractivity contribution is 0.199. The molecule has 0 fully saturated rings. The Bertz CT molecular complexity index is 1370. The van der Waals surface area contributed by atoms with Crippen LogP contribution < -0.4 is 10.5 Å². The maximum Gasteiger partial charge on any atom is 0.216 e. The van der Waals surface area contributed by atoms with Gasteiger partial charge in [0.1, 0.15) is 19.3 Å². The number of rotatable bonds is 7. The number of nitrogens with two attached hydrogens (primary N) is 1. The molecule has 8 nitrogen and oxygen atoms in total. The summed E-state index contributed by atoms with van der Waals surface area (Å²) in [5.41, 5.74) is 12.6. The molecule has 9 heteroatoms. The van der Waals surface area contributed by atoms with E-state index in [0.717, 1.165) is 45.9 Å². The molecule has 0 aliphatic carbocycles. The molecule has 4 aromatic heterocycles. The number of pyridine rings is 2. The highest BCUT2D eigenvalue weighted by Crippen LogP contribution is 2.24. The molecule has 4 rings (SSSR count). The van der Waals surface area contributed by atoms with Gasteiger partial charge in [-0.2, -0.15) is 4.39 Å². The summed E-state index contributed by atoms with van der Waals surface area (Å²) < 4.78 is 18.8. The fraction of sp³-hybridized carbons (Fsp3) is 0.379. The highest BCUT2D eigenvalue weighted by molar-refractivity contribution is 5.60. The molecule has 0 aliphatic heterocycles. The molecule has 0 saturated heterocycles. The zero-order valence-corrected chi connectivity index (χ0v) is 23.2. The third-order valence-corrected chi connectivity index (χ3v) is 5.66. The molecule has 0 radical (unpaired) electrons. The standard InChI is InChI=1S/C18H26N4O.C11H10FN3/c1-12(2)8-18(5,19)10-23-17-13(3)6-15(9-20-17)16-7-14(4)21-11-22-16;1-7-3-9(5-13-11(7)12)10-4-8(2)14-6-15-10/h6-7,9,11-12H,8,10,19H2,1-5H3;3-6H,1-2H3/t18-;/m0./s1. The van der Waals surface area contributed by atoms with E-state index in [1.54, 1.807) is 25.5 Å². The van der Waals surface area contributed by atoms with E-state index in [4.69, 9.17) is 10.5 Å². The van der Waals surface area contributed by atoms with E-state index in [0.29, 0.717) is 24.0 Å². The van der Waals surface area contributed by atoms with Gasteiger partial charge in [-0.25, -0.2) is 29.9 Å². The molecule has 0 bridgehead atoms. The minimum absolute atomic E-state index is 0.356. The van der Waals surface area contributed by atoms with Gasteiger partial charge in [-0.15, -0.1) is 0 Å². The number of ether oxygens (including phenoxy) is 1. The normalized spacial score (nSPS) is 12.5. The van der Waals surface area contributed by atoms with Crippen molar-refractivity contribution >= 4 is 0 Å². The number of nitrogens with zero attached hydrogens (tertiary/aromatic N) is 6. The largest absolute Gasteiger partial charge is 0.476 e. The van der Waals surface area contributed by atoms with Crippen molar-refractivity contribution in [3.8, 4) is 28.4 Å². The molecule has 1 atom stereocenters. The lowest BCUT2D eigenvalue weighted by Crippen LogP contribution is -2.43. The first kappa shape index (κ1) is 28.7. The van der Waals surface area contributed by atoms with Gasteiger partial charge in [0.25, 0.3) is 0 Å². The van der Waals surface area contributed by atoms with E-state index in [-0.39, 0.29) is 5.54 Å². The molecule has 0 saturated carbocycles. The van der Waals surface area contributed by atoms with E-state index in [2.05, 4.69) is 43.8 Å². The Balaban J connectivity index is 0.000000230. The Labute approximate surface area is 224 Å². The van der Waals surface area contributed by atoms with E-state index in [9.17, 15) is 4.39 Å². The van der Waals surface area contributed by atoms with Gasteiger partial charge < -0.3 is 10.5 Å². The smallest absolute Gasteiger partial charge is 0.216 e. The van der Waals surface area contributed by atoms with Crippen LogP contribution in [0.25, 0.3) is 22.5 Å². The Kier molecular flexibility index (Phi) is 9.52. The maximum atomic E-state index is 12.9. The van der Waals surface area contributed by atoms with Crippen LogP contribution >= 0.6 is 0 Å². The molecule has 0 unspecified atom stereocenters. The van der Waals surface area contributed by atoms with Gasteiger partial charge in [0.15, 0.2) is 0 Å². The topological polar surface area (TPSA) is 113 Å². The fourth-order valence-electron chi connectivity index (χ4n) is 4.00. The SMILES string of the molecule is Cc1cc(-c2cnc(F)c(C)c2)ncn1.Cc1cc(-c2cnc(OC[C@@](C)(N)CC(C)C)c(C)c2)ncn1. The Morgan fingerprint density at radius 2 is 1.32 bits per heavy atom. The van der Waals surface area contributed by atoms with Gasteiger partial charge in [-0.1, -0.05) is 13.8 Å². The van der Waals surface area contributed by atoms with E-state index in [1.807, 2.05) is 45.9 Å². The summed E-state index contributed by atoms with van der Waals surface area (Å²) in [5.74, 6) is 0.718. The zero-order chi connectivity index (χ0) is 27.9. The predicted molar refractivity (Wildman–Crippen MR) is 147 cm³/mol. The second kappa shape index (κ2) is 12.6.